The van der Waals surface area contributed by atoms with Crippen LogP contribution in [0, 0.1) is 0 Å². The SMILES string of the molecule is NC(=S)N/C=C(/C(=O)Nc1ccc(NC(=O)/C(=C/NC(N)=S)C(=O)c2ccccc2)cc1)C(=O)c1ccccc1. The van der Waals surface area contributed by atoms with Crippen molar-refractivity contribution in [2.75, 3.05) is 10.6 Å². The summed E-state index contributed by atoms with van der Waals surface area (Å²) in [5.74, 6) is -2.51. The Morgan fingerprint density at radius 3 is 1.18 bits per heavy atom. The highest BCUT2D eigenvalue weighted by Crippen LogP contribution is 2.18. The molecule has 202 valence electrons. The van der Waals surface area contributed by atoms with Crippen LogP contribution in [-0.2, 0) is 9.59 Å². The number of rotatable bonds is 10. The molecule has 0 aliphatic carbocycles. The number of amides is 2. The number of nitrogens with one attached hydrogen (secondary N) is 4. The van der Waals surface area contributed by atoms with Crippen molar-refractivity contribution in [2.24, 2.45) is 11.5 Å². The summed E-state index contributed by atoms with van der Waals surface area (Å²) >= 11 is 9.55. The zero-order valence-corrected chi connectivity index (χ0v) is 22.5. The summed E-state index contributed by atoms with van der Waals surface area (Å²) in [5, 5.41) is 10.0. The minimum atomic E-state index is -0.711. The molecule has 0 aliphatic heterocycles. The zero-order valence-electron chi connectivity index (χ0n) is 20.8. The fourth-order valence-corrected chi connectivity index (χ4v) is 3.40. The van der Waals surface area contributed by atoms with Gasteiger partial charge in [-0.2, -0.15) is 0 Å². The van der Waals surface area contributed by atoms with Gasteiger partial charge in [0.15, 0.2) is 21.8 Å². The number of carbonyl (C=O) groups is 4. The standard InChI is InChI=1S/C28H24N6O4S2/c29-27(39)31-15-21(23(35)17-7-3-1-4-8-17)25(37)33-19-11-13-20(14-12-19)34-26(38)22(16-32-28(30)40)24(36)18-9-5-2-6-10-18/h1-16H,(H,33,37)(H,34,38)(H3,29,31,39)(H3,30,32,40)/b21-15+,22-16+. The Bertz CT molecular complexity index is 1390. The fourth-order valence-electron chi connectivity index (χ4n) is 3.28. The third kappa shape index (κ3) is 8.41. The Morgan fingerprint density at radius 2 is 0.875 bits per heavy atom. The molecule has 0 saturated carbocycles. The molecule has 0 fully saturated rings. The molecule has 0 bridgehead atoms. The smallest absolute Gasteiger partial charge is 0.261 e. The average molecular weight is 573 g/mol. The summed E-state index contributed by atoms with van der Waals surface area (Å²) in [6, 6.07) is 22.5. The van der Waals surface area contributed by atoms with Crippen molar-refractivity contribution in [3.63, 3.8) is 0 Å². The number of benzene rings is 3. The van der Waals surface area contributed by atoms with Gasteiger partial charge in [0.05, 0.1) is 0 Å². The van der Waals surface area contributed by atoms with Gasteiger partial charge in [0.1, 0.15) is 11.1 Å². The van der Waals surface area contributed by atoms with Crippen LogP contribution in [0.25, 0.3) is 0 Å². The van der Waals surface area contributed by atoms with E-state index in [9.17, 15) is 19.2 Å². The van der Waals surface area contributed by atoms with Crippen LogP contribution >= 0.6 is 24.4 Å². The molecule has 0 spiro atoms. The summed E-state index contributed by atoms with van der Waals surface area (Å²) in [7, 11) is 0. The summed E-state index contributed by atoms with van der Waals surface area (Å²) in [6.45, 7) is 0. The molecule has 3 aromatic carbocycles. The number of thiocarbonyl (C=S) groups is 2. The van der Waals surface area contributed by atoms with E-state index < -0.39 is 23.4 Å². The lowest BCUT2D eigenvalue weighted by Crippen LogP contribution is -2.28. The Kier molecular flexibility index (Phi) is 10.3. The van der Waals surface area contributed by atoms with Crippen LogP contribution in [0.15, 0.2) is 108 Å². The third-order valence-electron chi connectivity index (χ3n) is 5.17. The molecule has 0 aliphatic rings. The number of nitrogens with two attached hydrogens (primary N) is 2. The van der Waals surface area contributed by atoms with E-state index in [4.69, 9.17) is 35.9 Å². The molecule has 12 heteroatoms. The van der Waals surface area contributed by atoms with E-state index in [1.54, 1.807) is 60.7 Å². The Labute approximate surface area is 240 Å². The minimum Gasteiger partial charge on any atom is -0.376 e. The highest BCUT2D eigenvalue weighted by molar-refractivity contribution is 7.80. The molecule has 40 heavy (non-hydrogen) atoms. The molecule has 2 amide bonds. The molecule has 0 radical (unpaired) electrons. The third-order valence-corrected chi connectivity index (χ3v) is 5.40. The van der Waals surface area contributed by atoms with Crippen LogP contribution in [0.5, 0.6) is 0 Å². The number of hydrogen-bond acceptors (Lipinski definition) is 6. The van der Waals surface area contributed by atoms with Crippen molar-refractivity contribution in [3.8, 4) is 0 Å². The molecule has 3 rings (SSSR count). The number of carbonyl (C=O) groups excluding carboxylic acids is 4. The molecule has 0 unspecified atom stereocenters. The first-order valence-corrected chi connectivity index (χ1v) is 12.4. The molecular formula is C28H24N6O4S2. The maximum Gasteiger partial charge on any atom is 0.261 e. The van der Waals surface area contributed by atoms with Crippen LogP contribution in [0.2, 0.25) is 0 Å². The Hall–Kier alpha value is -5.20. The van der Waals surface area contributed by atoms with E-state index in [1.807, 2.05) is 0 Å². The van der Waals surface area contributed by atoms with Gasteiger partial charge in [-0.1, -0.05) is 60.7 Å². The van der Waals surface area contributed by atoms with E-state index in [-0.39, 0.29) is 21.4 Å². The summed E-state index contributed by atoms with van der Waals surface area (Å²) < 4.78 is 0. The van der Waals surface area contributed by atoms with Gasteiger partial charge >= 0.3 is 0 Å². The molecule has 0 heterocycles. The normalized spacial score (nSPS) is 11.1. The Morgan fingerprint density at radius 1 is 0.550 bits per heavy atom. The van der Waals surface area contributed by atoms with E-state index in [2.05, 4.69) is 21.3 Å². The van der Waals surface area contributed by atoms with Gasteiger partial charge in [-0.3, -0.25) is 19.2 Å². The van der Waals surface area contributed by atoms with Crippen molar-refractivity contribution in [3.05, 3.63) is 120 Å². The van der Waals surface area contributed by atoms with E-state index in [0.29, 0.717) is 22.5 Å². The molecule has 8 N–H and O–H groups in total. The maximum absolute atomic E-state index is 13.0. The topological polar surface area (TPSA) is 168 Å². The van der Waals surface area contributed by atoms with Gasteiger partial charge in [-0.25, -0.2) is 0 Å². The van der Waals surface area contributed by atoms with E-state index in [1.165, 1.54) is 24.3 Å². The first-order chi connectivity index (χ1) is 19.2. The molecule has 0 aromatic heterocycles. The van der Waals surface area contributed by atoms with Crippen molar-refractivity contribution in [1.29, 1.82) is 0 Å². The highest BCUT2D eigenvalue weighted by atomic mass is 32.1. The monoisotopic (exact) mass is 572 g/mol. The highest BCUT2D eigenvalue weighted by Gasteiger charge is 2.22. The molecule has 10 nitrogen and oxygen atoms in total. The maximum atomic E-state index is 13.0. The number of ketones is 2. The van der Waals surface area contributed by atoms with E-state index >= 15 is 0 Å². The number of anilines is 2. The van der Waals surface area contributed by atoms with Crippen LogP contribution in [0.4, 0.5) is 11.4 Å². The van der Waals surface area contributed by atoms with Crippen LogP contribution in [0.1, 0.15) is 20.7 Å². The van der Waals surface area contributed by atoms with Crippen molar-refractivity contribution in [2.45, 2.75) is 0 Å². The molecule has 3 aromatic rings. The minimum absolute atomic E-state index is 0.117. The number of Topliss-reactive ketones (excluding diaryl/α,β-unsaturated/α-hetero) is 2. The van der Waals surface area contributed by atoms with Crippen LogP contribution in [0.3, 0.4) is 0 Å². The van der Waals surface area contributed by atoms with Crippen LogP contribution in [-0.4, -0.2) is 33.6 Å². The lowest BCUT2D eigenvalue weighted by Gasteiger charge is -2.11. The second kappa shape index (κ2) is 14.1. The summed E-state index contributed by atoms with van der Waals surface area (Å²) in [5.41, 5.74) is 11.7. The van der Waals surface area contributed by atoms with E-state index in [0.717, 1.165) is 12.4 Å². The summed E-state index contributed by atoms with van der Waals surface area (Å²) in [4.78, 5) is 51.8. The predicted octanol–water partition coefficient (Wildman–Crippen LogP) is 2.76. The molecule has 0 atom stereocenters. The second-order valence-electron chi connectivity index (χ2n) is 8.01. The van der Waals surface area contributed by atoms with Crippen molar-refractivity contribution in [1.82, 2.24) is 10.6 Å². The number of hydrogen-bond donors (Lipinski definition) is 6. The lowest BCUT2D eigenvalue weighted by atomic mass is 10.0. The first kappa shape index (κ1) is 29.4. The molecule has 0 saturated heterocycles. The van der Waals surface area contributed by atoms with Gasteiger partial charge in [0.2, 0.25) is 0 Å². The van der Waals surface area contributed by atoms with Gasteiger partial charge in [-0.05, 0) is 48.7 Å². The lowest BCUT2D eigenvalue weighted by molar-refractivity contribution is -0.113. The summed E-state index contributed by atoms with van der Waals surface area (Å²) in [6.07, 6.45) is 2.28. The Balaban J connectivity index is 1.75. The van der Waals surface area contributed by atoms with Crippen LogP contribution < -0.4 is 32.7 Å². The quantitative estimate of drug-likeness (QED) is 0.0699. The van der Waals surface area contributed by atoms with Crippen molar-refractivity contribution < 1.29 is 19.2 Å². The van der Waals surface area contributed by atoms with Gasteiger partial charge in [0.25, 0.3) is 11.8 Å². The second-order valence-corrected chi connectivity index (χ2v) is 8.89. The largest absolute Gasteiger partial charge is 0.376 e. The van der Waals surface area contributed by atoms with Gasteiger partial charge in [0, 0.05) is 34.9 Å². The molecular weight excluding hydrogens is 548 g/mol. The van der Waals surface area contributed by atoms with Crippen molar-refractivity contribution >= 4 is 69.4 Å². The predicted molar refractivity (Wildman–Crippen MR) is 161 cm³/mol. The average Bonchev–Trinajstić information content (AvgIpc) is 2.94. The van der Waals surface area contributed by atoms with Gasteiger partial charge < -0.3 is 32.7 Å². The fraction of sp³-hybridized carbons (Fsp3) is 0. The van der Waals surface area contributed by atoms with Gasteiger partial charge in [-0.15, -0.1) is 0 Å². The zero-order chi connectivity index (χ0) is 29.1. The first-order valence-electron chi connectivity index (χ1n) is 11.6.